The Labute approximate surface area is 300 Å². The summed E-state index contributed by atoms with van der Waals surface area (Å²) in [5.41, 5.74) is 16.7. The van der Waals surface area contributed by atoms with Crippen LogP contribution in [0.3, 0.4) is 0 Å². The molecule has 1 atom stereocenters. The summed E-state index contributed by atoms with van der Waals surface area (Å²) in [4.78, 5) is 2.62. The van der Waals surface area contributed by atoms with Crippen LogP contribution in [0.1, 0.15) is 61.1 Å². The van der Waals surface area contributed by atoms with E-state index in [-0.39, 0.29) is 10.8 Å². The van der Waals surface area contributed by atoms with Crippen LogP contribution in [0.2, 0.25) is 0 Å². The zero-order valence-corrected chi connectivity index (χ0v) is 29.2. The Kier molecular flexibility index (Phi) is 4.00. The first-order chi connectivity index (χ1) is 25.3. The molecule has 1 unspecified atom stereocenters. The number of benzene rings is 5. The number of hydrogen-bond acceptors (Lipinski definition) is 2. The van der Waals surface area contributed by atoms with Crippen molar-refractivity contribution >= 4 is 39.0 Å². The normalized spacial score (nSPS) is 19.7. The lowest BCUT2D eigenvalue weighted by molar-refractivity contribution is -0.965. The minimum Gasteiger partial charge on any atom is -0.456 e. The summed E-state index contributed by atoms with van der Waals surface area (Å²) in [6.45, 7) is 9.65. The Bertz CT molecular complexity index is 3110. The van der Waals surface area contributed by atoms with Gasteiger partial charge in [0.15, 0.2) is 11.2 Å². The van der Waals surface area contributed by atoms with E-state index in [2.05, 4.69) is 168 Å². The van der Waals surface area contributed by atoms with Gasteiger partial charge in [-0.1, -0.05) is 88.4 Å². The smallest absolute Gasteiger partial charge is 0.321 e. The number of para-hydroxylation sites is 2. The van der Waals surface area contributed by atoms with Crippen molar-refractivity contribution in [2.24, 2.45) is 0 Å². The van der Waals surface area contributed by atoms with Gasteiger partial charge in [-0.25, -0.2) is 0 Å². The molecule has 6 aliphatic heterocycles. The molecule has 0 aliphatic carbocycles. The van der Waals surface area contributed by atoms with Crippen molar-refractivity contribution in [1.29, 1.82) is 0 Å². The van der Waals surface area contributed by atoms with E-state index in [4.69, 9.17) is 4.74 Å². The largest absolute Gasteiger partial charge is 0.456 e. The zero-order chi connectivity index (χ0) is 34.2. The lowest BCUT2D eigenvalue weighted by atomic mass is 9.64. The van der Waals surface area contributed by atoms with Gasteiger partial charge < -0.3 is 4.74 Å². The van der Waals surface area contributed by atoms with Crippen LogP contribution >= 0.6 is 0 Å². The Morgan fingerprint density at radius 1 is 0.481 bits per heavy atom. The van der Waals surface area contributed by atoms with Gasteiger partial charge in [0.2, 0.25) is 0 Å². The molecule has 0 saturated carbocycles. The van der Waals surface area contributed by atoms with Crippen molar-refractivity contribution < 1.29 is 13.9 Å². The van der Waals surface area contributed by atoms with Crippen LogP contribution in [0, 0.1) is 0 Å². The molecule has 3 aromatic heterocycles. The molecule has 0 bridgehead atoms. The van der Waals surface area contributed by atoms with Crippen molar-refractivity contribution in [3.05, 3.63) is 155 Å². The summed E-state index contributed by atoms with van der Waals surface area (Å²) in [6, 6.07) is 41.2. The summed E-state index contributed by atoms with van der Waals surface area (Å²) in [5.74, 6) is 4.26. The molecule has 6 aliphatic rings. The fourth-order valence-electron chi connectivity index (χ4n) is 11.6. The average Bonchev–Trinajstić information content (AvgIpc) is 3.44. The molecule has 244 valence electrons. The maximum Gasteiger partial charge on any atom is 0.321 e. The van der Waals surface area contributed by atoms with E-state index in [1.54, 1.807) is 0 Å². The number of rotatable bonds is 0. The summed E-state index contributed by atoms with van der Waals surface area (Å²) in [7, 11) is 0. The van der Waals surface area contributed by atoms with E-state index in [0.29, 0.717) is 0 Å². The van der Waals surface area contributed by atoms with Gasteiger partial charge in [-0.3, -0.25) is 0 Å². The third-order valence-corrected chi connectivity index (χ3v) is 13.7. The molecular formula is C47H32N4O+2. The molecule has 0 amide bonds. The lowest BCUT2D eigenvalue weighted by Crippen LogP contribution is -2.79. The number of hydrogen-bond donors (Lipinski definition) is 0. The second kappa shape index (κ2) is 7.83. The van der Waals surface area contributed by atoms with E-state index < -0.39 is 5.66 Å². The van der Waals surface area contributed by atoms with E-state index in [0.717, 1.165) is 11.5 Å². The van der Waals surface area contributed by atoms with Crippen molar-refractivity contribution in [1.82, 2.24) is 4.57 Å². The molecular weight excluding hydrogens is 637 g/mol. The molecule has 5 aromatic carbocycles. The first-order valence-electron chi connectivity index (χ1n) is 18.5. The number of pyridine rings is 2. The van der Waals surface area contributed by atoms with Crippen LogP contribution in [-0.4, -0.2) is 4.57 Å². The molecule has 0 N–H and O–H groups in total. The van der Waals surface area contributed by atoms with Crippen LogP contribution in [0.25, 0.3) is 49.9 Å². The first-order valence-corrected chi connectivity index (χ1v) is 18.5. The Morgan fingerprint density at radius 3 is 1.90 bits per heavy atom. The fourth-order valence-corrected chi connectivity index (χ4v) is 11.6. The van der Waals surface area contributed by atoms with Gasteiger partial charge in [-0.05, 0) is 59.7 Å². The van der Waals surface area contributed by atoms with Crippen LogP contribution in [-0.2, 0) is 16.5 Å². The Balaban J connectivity index is 1.30. The number of anilines is 3. The predicted molar refractivity (Wildman–Crippen MR) is 203 cm³/mol. The fraction of sp³-hybridized carbons (Fsp3) is 0.149. The van der Waals surface area contributed by atoms with Gasteiger partial charge in [0.25, 0.3) is 11.6 Å². The Morgan fingerprint density at radius 2 is 1.08 bits per heavy atom. The SMILES string of the molecule is CC1(C)c2cccc3c2N2c4c1ccc1c4C4(c5c(ccc6c7cccc8c7n(c56)-c5c(ccc[n+]54)-c4ccccc4-8)O1)[n+]1cccc(c12)C3(C)C. The number of fused-ring (bicyclic) bond motifs is 4. The van der Waals surface area contributed by atoms with Gasteiger partial charge in [-0.2, -0.15) is 18.6 Å². The van der Waals surface area contributed by atoms with Crippen molar-refractivity contribution in [3.8, 4) is 39.6 Å². The summed E-state index contributed by atoms with van der Waals surface area (Å²) < 4.78 is 15.0. The first kappa shape index (κ1) is 26.6. The van der Waals surface area contributed by atoms with Crippen LogP contribution in [0.4, 0.5) is 17.2 Å². The molecule has 14 rings (SSSR count). The monoisotopic (exact) mass is 668 g/mol. The van der Waals surface area contributed by atoms with Crippen molar-refractivity contribution in [2.75, 3.05) is 4.90 Å². The summed E-state index contributed by atoms with van der Waals surface area (Å²) in [5, 5.41) is 2.53. The highest BCUT2D eigenvalue weighted by molar-refractivity contribution is 6.17. The van der Waals surface area contributed by atoms with Gasteiger partial charge in [-0.15, -0.1) is 0 Å². The molecule has 52 heavy (non-hydrogen) atoms. The molecule has 0 radical (unpaired) electrons. The van der Waals surface area contributed by atoms with Crippen molar-refractivity contribution in [2.45, 2.75) is 44.2 Å². The summed E-state index contributed by atoms with van der Waals surface area (Å²) in [6.07, 6.45) is 4.68. The van der Waals surface area contributed by atoms with Gasteiger partial charge in [0.05, 0.1) is 23.5 Å². The van der Waals surface area contributed by atoms with E-state index in [1.165, 1.54) is 100 Å². The van der Waals surface area contributed by atoms with Crippen LogP contribution in [0.15, 0.2) is 122 Å². The quantitative estimate of drug-likeness (QED) is 0.150. The average molecular weight is 669 g/mol. The van der Waals surface area contributed by atoms with E-state index in [9.17, 15) is 0 Å². The molecule has 8 aromatic rings. The molecule has 0 fully saturated rings. The van der Waals surface area contributed by atoms with E-state index in [1.807, 2.05) is 0 Å². The minimum atomic E-state index is -0.777. The standard InChI is InChI=1S/C47H32N4O/c1-45(2)31-16-8-17-32-41(31)51-42-33(45)20-22-36-38(42)47(49-24-10-18-34(44(49)51)46(32,3)4)37-35(52-36)21-19-29-28-14-7-13-27-25-11-5-6-12-26(25)30-15-9-23-48(47)43(30)50(39(27)28)40(29)37/h5-24H,1-4H3/q+2. The number of ether oxygens (including phenoxy) is 1. The minimum absolute atomic E-state index is 0.227. The molecule has 0 saturated heterocycles. The topological polar surface area (TPSA) is 25.2 Å². The molecule has 5 nitrogen and oxygen atoms in total. The molecule has 9 heterocycles. The van der Waals surface area contributed by atoms with Crippen LogP contribution < -0.4 is 18.8 Å². The zero-order valence-electron chi connectivity index (χ0n) is 29.2. The third-order valence-electron chi connectivity index (χ3n) is 13.7. The van der Waals surface area contributed by atoms with Gasteiger partial charge in [0.1, 0.15) is 33.8 Å². The van der Waals surface area contributed by atoms with E-state index >= 15 is 0 Å². The Hall–Kier alpha value is -6.20. The van der Waals surface area contributed by atoms with Crippen LogP contribution in [0.5, 0.6) is 11.5 Å². The number of nitrogens with zero attached hydrogens (tertiary/aromatic N) is 4. The van der Waals surface area contributed by atoms with Gasteiger partial charge in [0, 0.05) is 43.9 Å². The maximum atomic E-state index is 7.20. The highest BCUT2D eigenvalue weighted by Gasteiger charge is 2.69. The second-order valence-electron chi connectivity index (χ2n) is 16.5. The van der Waals surface area contributed by atoms with Gasteiger partial charge >= 0.3 is 5.66 Å². The summed E-state index contributed by atoms with van der Waals surface area (Å²) >= 11 is 0. The second-order valence-corrected chi connectivity index (χ2v) is 16.5. The third kappa shape index (κ3) is 2.40. The maximum absolute atomic E-state index is 7.20. The lowest BCUT2D eigenvalue weighted by Gasteiger charge is -2.51. The number of aromatic nitrogens is 3. The van der Waals surface area contributed by atoms with Crippen molar-refractivity contribution in [3.63, 3.8) is 0 Å². The molecule has 1 spiro atoms. The molecule has 5 heteroatoms. The predicted octanol–water partition coefficient (Wildman–Crippen LogP) is 9.78. The highest BCUT2D eigenvalue weighted by Crippen LogP contribution is 2.67. The highest BCUT2D eigenvalue weighted by atomic mass is 16.5.